The van der Waals surface area contributed by atoms with E-state index < -0.39 is 10.0 Å². The second-order valence-electron chi connectivity index (χ2n) is 6.91. The van der Waals surface area contributed by atoms with Gasteiger partial charge in [-0.05, 0) is 18.8 Å². The zero-order chi connectivity index (χ0) is 18.0. The van der Waals surface area contributed by atoms with Gasteiger partial charge in [0.2, 0.25) is 0 Å². The van der Waals surface area contributed by atoms with Crippen molar-refractivity contribution in [3.8, 4) is 0 Å². The van der Waals surface area contributed by atoms with Crippen molar-refractivity contribution < 1.29 is 13.2 Å². The van der Waals surface area contributed by atoms with Crippen molar-refractivity contribution >= 4 is 10.0 Å². The van der Waals surface area contributed by atoms with E-state index in [1.807, 2.05) is 13.2 Å². The van der Waals surface area contributed by atoms with Crippen LogP contribution in [0.3, 0.4) is 0 Å². The average molecular weight is 367 g/mol. The van der Waals surface area contributed by atoms with Gasteiger partial charge in [0.15, 0.2) is 5.03 Å². The van der Waals surface area contributed by atoms with Crippen LogP contribution in [0.1, 0.15) is 38.4 Å². The minimum atomic E-state index is -3.70. The Bertz CT molecular complexity index is 811. The van der Waals surface area contributed by atoms with E-state index in [1.165, 1.54) is 0 Å². The SMILES string of the molecule is CC(C)Cn1cnc(S(=O)(=O)N[C@H]2CCCO[C@@H]2c2cnn(C)c2)c1. The lowest BCUT2D eigenvalue weighted by molar-refractivity contribution is -0.00448. The molecule has 2 atom stereocenters. The smallest absolute Gasteiger partial charge is 0.259 e. The van der Waals surface area contributed by atoms with Gasteiger partial charge in [0.1, 0.15) is 6.10 Å². The van der Waals surface area contributed by atoms with Crippen LogP contribution in [0.2, 0.25) is 0 Å². The van der Waals surface area contributed by atoms with Gasteiger partial charge in [-0.1, -0.05) is 13.8 Å². The quantitative estimate of drug-likeness (QED) is 0.835. The highest BCUT2D eigenvalue weighted by atomic mass is 32.2. The van der Waals surface area contributed by atoms with E-state index in [0.717, 1.165) is 18.5 Å². The number of nitrogens with one attached hydrogen (secondary N) is 1. The van der Waals surface area contributed by atoms with E-state index in [2.05, 4.69) is 28.7 Å². The molecule has 0 radical (unpaired) electrons. The number of aromatic nitrogens is 4. The molecule has 0 unspecified atom stereocenters. The molecular weight excluding hydrogens is 342 g/mol. The Labute approximate surface area is 148 Å². The molecule has 3 rings (SSSR count). The minimum absolute atomic E-state index is 0.0451. The predicted molar refractivity (Wildman–Crippen MR) is 92.3 cm³/mol. The summed E-state index contributed by atoms with van der Waals surface area (Å²) >= 11 is 0. The minimum Gasteiger partial charge on any atom is -0.372 e. The number of hydrogen-bond acceptors (Lipinski definition) is 5. The zero-order valence-electron chi connectivity index (χ0n) is 14.8. The van der Waals surface area contributed by atoms with Gasteiger partial charge >= 0.3 is 0 Å². The monoisotopic (exact) mass is 367 g/mol. The number of sulfonamides is 1. The molecule has 0 aromatic carbocycles. The number of rotatable bonds is 6. The fourth-order valence-electron chi connectivity index (χ4n) is 3.08. The second-order valence-corrected chi connectivity index (χ2v) is 8.57. The van der Waals surface area contributed by atoms with Crippen molar-refractivity contribution in [2.24, 2.45) is 13.0 Å². The lowest BCUT2D eigenvalue weighted by Gasteiger charge is -2.31. The molecule has 1 fully saturated rings. The first-order chi connectivity index (χ1) is 11.8. The van der Waals surface area contributed by atoms with Crippen LogP contribution in [0.15, 0.2) is 29.9 Å². The van der Waals surface area contributed by atoms with E-state index >= 15 is 0 Å². The fraction of sp³-hybridized carbons (Fsp3) is 0.625. The maximum Gasteiger partial charge on any atom is 0.259 e. The van der Waals surface area contributed by atoms with Gasteiger partial charge < -0.3 is 9.30 Å². The summed E-state index contributed by atoms with van der Waals surface area (Å²) in [6.45, 7) is 5.49. The molecule has 0 saturated carbocycles. The zero-order valence-corrected chi connectivity index (χ0v) is 15.6. The molecule has 2 aromatic rings. The molecule has 0 amide bonds. The highest BCUT2D eigenvalue weighted by Gasteiger charge is 2.33. The van der Waals surface area contributed by atoms with Gasteiger partial charge in [-0.2, -0.15) is 5.10 Å². The molecule has 1 aliphatic rings. The molecule has 138 valence electrons. The van der Waals surface area contributed by atoms with Gasteiger partial charge in [0, 0.05) is 38.2 Å². The molecule has 3 heterocycles. The van der Waals surface area contributed by atoms with E-state index in [9.17, 15) is 8.42 Å². The number of aryl methyl sites for hydroxylation is 1. The van der Waals surface area contributed by atoms with Crippen LogP contribution in [-0.2, 0) is 28.4 Å². The third-order valence-corrected chi connectivity index (χ3v) is 5.52. The third-order valence-electron chi connectivity index (χ3n) is 4.14. The maximum atomic E-state index is 12.7. The van der Waals surface area contributed by atoms with E-state index in [-0.39, 0.29) is 17.2 Å². The van der Waals surface area contributed by atoms with Gasteiger partial charge in [-0.3, -0.25) is 4.68 Å². The maximum absolute atomic E-state index is 12.7. The van der Waals surface area contributed by atoms with E-state index in [4.69, 9.17) is 4.74 Å². The number of hydrogen-bond donors (Lipinski definition) is 1. The number of ether oxygens (including phenoxy) is 1. The van der Waals surface area contributed by atoms with E-state index in [0.29, 0.717) is 18.9 Å². The normalized spacial score (nSPS) is 21.8. The van der Waals surface area contributed by atoms with Crippen LogP contribution in [-0.4, -0.2) is 40.4 Å². The molecule has 0 aliphatic carbocycles. The topological polar surface area (TPSA) is 91.0 Å². The largest absolute Gasteiger partial charge is 0.372 e. The summed E-state index contributed by atoms with van der Waals surface area (Å²) in [7, 11) is -1.87. The average Bonchev–Trinajstić information content (AvgIpc) is 3.16. The van der Waals surface area contributed by atoms with Gasteiger partial charge in [-0.25, -0.2) is 18.1 Å². The van der Waals surface area contributed by atoms with Crippen LogP contribution in [0.5, 0.6) is 0 Å². The first-order valence-corrected chi connectivity index (χ1v) is 9.98. The summed E-state index contributed by atoms with van der Waals surface area (Å²) in [5, 5.41) is 4.20. The van der Waals surface area contributed by atoms with Crippen LogP contribution in [0.25, 0.3) is 0 Å². The van der Waals surface area contributed by atoms with Crippen LogP contribution in [0.4, 0.5) is 0 Å². The fourth-order valence-corrected chi connectivity index (χ4v) is 4.30. The summed E-state index contributed by atoms with van der Waals surface area (Å²) in [5.41, 5.74) is 0.875. The molecule has 1 aliphatic heterocycles. The Morgan fingerprint density at radius 3 is 2.88 bits per heavy atom. The molecule has 8 nitrogen and oxygen atoms in total. The Morgan fingerprint density at radius 1 is 1.40 bits per heavy atom. The molecule has 2 aromatic heterocycles. The standard InChI is InChI=1S/C16H25N5O3S/c1-12(2)8-21-10-15(17-11-21)25(22,23)19-14-5-4-6-24-16(14)13-7-18-20(3)9-13/h7,9-12,14,16,19H,4-6,8H2,1-3H3/t14-,16+/m0/s1. The molecule has 0 spiro atoms. The van der Waals surface area contributed by atoms with Crippen molar-refractivity contribution in [2.75, 3.05) is 6.61 Å². The molecule has 25 heavy (non-hydrogen) atoms. The van der Waals surface area contributed by atoms with Crippen molar-refractivity contribution in [1.82, 2.24) is 24.1 Å². The highest BCUT2D eigenvalue weighted by Crippen LogP contribution is 2.29. The molecule has 0 bridgehead atoms. The summed E-state index contributed by atoms with van der Waals surface area (Å²) in [5.74, 6) is 0.416. The number of nitrogens with zero attached hydrogens (tertiary/aromatic N) is 4. The summed E-state index contributed by atoms with van der Waals surface area (Å²) in [6, 6.07) is -0.335. The lowest BCUT2D eigenvalue weighted by Crippen LogP contribution is -2.42. The third kappa shape index (κ3) is 4.28. The molecule has 1 N–H and O–H groups in total. The molecular formula is C16H25N5O3S. The first-order valence-electron chi connectivity index (χ1n) is 8.49. The van der Waals surface area contributed by atoms with Crippen molar-refractivity contribution in [1.29, 1.82) is 0 Å². The van der Waals surface area contributed by atoms with Gasteiger partial charge in [0.25, 0.3) is 10.0 Å². The van der Waals surface area contributed by atoms with Crippen molar-refractivity contribution in [2.45, 2.75) is 50.4 Å². The Kier molecular flexibility index (Phi) is 5.26. The first kappa shape index (κ1) is 18.1. The Hall–Kier alpha value is -1.71. The van der Waals surface area contributed by atoms with E-state index in [1.54, 1.807) is 28.0 Å². The van der Waals surface area contributed by atoms with Crippen LogP contribution >= 0.6 is 0 Å². The highest BCUT2D eigenvalue weighted by molar-refractivity contribution is 7.89. The molecule has 1 saturated heterocycles. The van der Waals surface area contributed by atoms with Crippen LogP contribution in [0, 0.1) is 5.92 Å². The Morgan fingerprint density at radius 2 is 2.20 bits per heavy atom. The van der Waals surface area contributed by atoms with Crippen molar-refractivity contribution in [3.63, 3.8) is 0 Å². The second kappa shape index (κ2) is 7.27. The van der Waals surface area contributed by atoms with Gasteiger partial charge in [-0.15, -0.1) is 0 Å². The summed E-state index contributed by atoms with van der Waals surface area (Å²) < 4.78 is 37.5. The number of imidazole rings is 1. The summed E-state index contributed by atoms with van der Waals surface area (Å²) in [4.78, 5) is 4.06. The Balaban J connectivity index is 1.77. The predicted octanol–water partition coefficient (Wildman–Crippen LogP) is 1.47. The van der Waals surface area contributed by atoms with Crippen molar-refractivity contribution in [3.05, 3.63) is 30.5 Å². The summed E-state index contributed by atoms with van der Waals surface area (Å²) in [6.07, 6.45) is 7.89. The van der Waals surface area contributed by atoms with Gasteiger partial charge in [0.05, 0.1) is 18.6 Å². The lowest BCUT2D eigenvalue weighted by atomic mass is 9.99. The van der Waals surface area contributed by atoms with Crippen LogP contribution < -0.4 is 4.72 Å². The molecule has 9 heteroatoms.